The lowest BCUT2D eigenvalue weighted by atomic mass is 9.80. The molecule has 0 aromatic heterocycles. The zero-order chi connectivity index (χ0) is 14.0. The molecule has 2 rings (SSSR count). The second-order valence-electron chi connectivity index (χ2n) is 5.60. The molecule has 4 heteroatoms. The van der Waals surface area contributed by atoms with Crippen LogP contribution in [-0.2, 0) is 0 Å². The molecule has 0 spiro atoms. The number of carbonyl (C=O) groups is 1. The Morgan fingerprint density at radius 1 is 1.37 bits per heavy atom. The molecular formula is C15H19BrFNO. The summed E-state index contributed by atoms with van der Waals surface area (Å²) in [5.41, 5.74) is 0.111. The van der Waals surface area contributed by atoms with Gasteiger partial charge in [0, 0.05) is 10.5 Å². The van der Waals surface area contributed by atoms with Crippen LogP contribution in [0, 0.1) is 17.7 Å². The van der Waals surface area contributed by atoms with Crippen LogP contribution in [0.1, 0.15) is 43.5 Å². The van der Waals surface area contributed by atoms with Gasteiger partial charge in [-0.25, -0.2) is 4.39 Å². The number of hydrogen-bond donors (Lipinski definition) is 1. The Hall–Kier alpha value is -0.900. The Labute approximate surface area is 121 Å². The molecule has 104 valence electrons. The summed E-state index contributed by atoms with van der Waals surface area (Å²) in [4.78, 5) is 12.1. The molecule has 0 aliphatic heterocycles. The molecule has 2 nitrogen and oxygen atoms in total. The Morgan fingerprint density at radius 3 is 2.79 bits per heavy atom. The fourth-order valence-electron chi connectivity index (χ4n) is 2.80. The predicted octanol–water partition coefficient (Wildman–Crippen LogP) is 4.14. The molecule has 0 heterocycles. The monoisotopic (exact) mass is 327 g/mol. The molecule has 1 aliphatic carbocycles. The van der Waals surface area contributed by atoms with E-state index in [9.17, 15) is 9.18 Å². The molecular weight excluding hydrogens is 309 g/mol. The normalized spacial score (nSPS) is 27.1. The number of nitrogens with one attached hydrogen (secondary N) is 1. The number of benzene rings is 1. The van der Waals surface area contributed by atoms with E-state index in [1.54, 1.807) is 6.07 Å². The average molecular weight is 328 g/mol. The highest BCUT2D eigenvalue weighted by molar-refractivity contribution is 9.10. The minimum Gasteiger partial charge on any atom is -0.349 e. The first-order chi connectivity index (χ1) is 8.97. The molecule has 0 saturated heterocycles. The first-order valence-electron chi connectivity index (χ1n) is 6.73. The molecule has 3 atom stereocenters. The van der Waals surface area contributed by atoms with Gasteiger partial charge in [-0.2, -0.15) is 0 Å². The van der Waals surface area contributed by atoms with E-state index in [-0.39, 0.29) is 17.5 Å². The summed E-state index contributed by atoms with van der Waals surface area (Å²) in [5.74, 6) is 0.372. The maximum atomic E-state index is 13.7. The van der Waals surface area contributed by atoms with Gasteiger partial charge in [-0.15, -0.1) is 0 Å². The van der Waals surface area contributed by atoms with E-state index >= 15 is 0 Å². The SMILES string of the molecule is CC1CCC(NC(=O)c2cc(Br)ccc2F)C(C)C1. The van der Waals surface area contributed by atoms with Crippen LogP contribution >= 0.6 is 15.9 Å². The van der Waals surface area contributed by atoms with E-state index < -0.39 is 5.82 Å². The van der Waals surface area contributed by atoms with Gasteiger partial charge in [0.05, 0.1) is 5.56 Å². The first-order valence-corrected chi connectivity index (χ1v) is 7.52. The second kappa shape index (κ2) is 6.04. The summed E-state index contributed by atoms with van der Waals surface area (Å²) < 4.78 is 14.4. The van der Waals surface area contributed by atoms with Crippen molar-refractivity contribution in [2.45, 2.75) is 39.2 Å². The van der Waals surface area contributed by atoms with Crippen LogP contribution in [0.2, 0.25) is 0 Å². The third-order valence-electron chi connectivity index (χ3n) is 3.92. The van der Waals surface area contributed by atoms with Gasteiger partial charge in [-0.3, -0.25) is 4.79 Å². The number of carbonyl (C=O) groups excluding carboxylic acids is 1. The van der Waals surface area contributed by atoms with Crippen LogP contribution in [0.25, 0.3) is 0 Å². The number of halogens is 2. The topological polar surface area (TPSA) is 29.1 Å². The lowest BCUT2D eigenvalue weighted by Crippen LogP contribution is -2.42. The van der Waals surface area contributed by atoms with E-state index in [1.165, 1.54) is 12.1 Å². The van der Waals surface area contributed by atoms with E-state index in [0.717, 1.165) is 19.3 Å². The van der Waals surface area contributed by atoms with Gasteiger partial charge in [-0.05, 0) is 49.3 Å². The molecule has 1 saturated carbocycles. The lowest BCUT2D eigenvalue weighted by Gasteiger charge is -2.33. The van der Waals surface area contributed by atoms with Crippen LogP contribution < -0.4 is 5.32 Å². The van der Waals surface area contributed by atoms with Crippen LogP contribution in [0.5, 0.6) is 0 Å². The Balaban J connectivity index is 2.06. The fraction of sp³-hybridized carbons (Fsp3) is 0.533. The standard InChI is InChI=1S/C15H19BrFNO/c1-9-3-6-14(10(2)7-9)18-15(19)12-8-11(16)4-5-13(12)17/h4-5,8-10,14H,3,6-7H2,1-2H3,(H,18,19). The quantitative estimate of drug-likeness (QED) is 0.868. The van der Waals surface area contributed by atoms with E-state index in [0.29, 0.717) is 16.3 Å². The molecule has 1 amide bonds. The van der Waals surface area contributed by atoms with Gasteiger partial charge in [0.15, 0.2) is 0 Å². The predicted molar refractivity (Wildman–Crippen MR) is 77.5 cm³/mol. The van der Waals surface area contributed by atoms with Crippen LogP contribution in [0.3, 0.4) is 0 Å². The number of hydrogen-bond acceptors (Lipinski definition) is 1. The Morgan fingerprint density at radius 2 is 2.11 bits per heavy atom. The minimum atomic E-state index is -0.475. The molecule has 1 aromatic carbocycles. The average Bonchev–Trinajstić information content (AvgIpc) is 2.35. The van der Waals surface area contributed by atoms with E-state index in [1.807, 2.05) is 0 Å². The Kier molecular flexibility index (Phi) is 4.61. The van der Waals surface area contributed by atoms with Crippen LogP contribution in [0.15, 0.2) is 22.7 Å². The van der Waals surface area contributed by atoms with Crippen LogP contribution in [0.4, 0.5) is 4.39 Å². The fourth-order valence-corrected chi connectivity index (χ4v) is 3.16. The third-order valence-corrected chi connectivity index (χ3v) is 4.41. The van der Waals surface area contributed by atoms with Gasteiger partial charge < -0.3 is 5.32 Å². The van der Waals surface area contributed by atoms with Crippen LogP contribution in [-0.4, -0.2) is 11.9 Å². The van der Waals surface area contributed by atoms with E-state index in [2.05, 4.69) is 35.1 Å². The van der Waals surface area contributed by atoms with Gasteiger partial charge >= 0.3 is 0 Å². The summed E-state index contributed by atoms with van der Waals surface area (Å²) in [6, 6.07) is 4.59. The maximum absolute atomic E-state index is 13.7. The van der Waals surface area contributed by atoms with Gasteiger partial charge in [-0.1, -0.05) is 29.8 Å². The summed E-state index contributed by atoms with van der Waals surface area (Å²) in [6.45, 7) is 4.39. The Bertz CT molecular complexity index is 477. The van der Waals surface area contributed by atoms with Crippen molar-refractivity contribution in [3.05, 3.63) is 34.1 Å². The molecule has 0 bridgehead atoms. The molecule has 1 N–H and O–H groups in total. The molecule has 0 radical (unpaired) electrons. The summed E-state index contributed by atoms with van der Waals surface area (Å²) in [7, 11) is 0. The van der Waals surface area contributed by atoms with Gasteiger partial charge in [0.1, 0.15) is 5.82 Å². The molecule has 1 aromatic rings. The molecule has 1 aliphatic rings. The van der Waals surface area contributed by atoms with Crippen molar-refractivity contribution < 1.29 is 9.18 Å². The maximum Gasteiger partial charge on any atom is 0.254 e. The third kappa shape index (κ3) is 3.56. The largest absolute Gasteiger partial charge is 0.349 e. The zero-order valence-electron chi connectivity index (χ0n) is 11.2. The zero-order valence-corrected chi connectivity index (χ0v) is 12.8. The molecule has 19 heavy (non-hydrogen) atoms. The van der Waals surface area contributed by atoms with Crippen molar-refractivity contribution in [2.24, 2.45) is 11.8 Å². The summed E-state index contributed by atoms with van der Waals surface area (Å²) >= 11 is 3.26. The molecule has 1 fully saturated rings. The highest BCUT2D eigenvalue weighted by Crippen LogP contribution is 2.29. The van der Waals surface area contributed by atoms with E-state index in [4.69, 9.17) is 0 Å². The lowest BCUT2D eigenvalue weighted by molar-refractivity contribution is 0.0895. The van der Waals surface area contributed by atoms with Crippen molar-refractivity contribution in [2.75, 3.05) is 0 Å². The second-order valence-corrected chi connectivity index (χ2v) is 6.52. The highest BCUT2D eigenvalue weighted by Gasteiger charge is 2.27. The molecule has 3 unspecified atom stereocenters. The smallest absolute Gasteiger partial charge is 0.254 e. The van der Waals surface area contributed by atoms with Crippen molar-refractivity contribution in [1.82, 2.24) is 5.32 Å². The number of amides is 1. The first kappa shape index (κ1) is 14.5. The van der Waals surface area contributed by atoms with Crippen molar-refractivity contribution in [3.8, 4) is 0 Å². The van der Waals surface area contributed by atoms with Gasteiger partial charge in [0.2, 0.25) is 0 Å². The summed E-state index contributed by atoms with van der Waals surface area (Å²) in [5, 5.41) is 2.97. The number of rotatable bonds is 2. The van der Waals surface area contributed by atoms with Crippen molar-refractivity contribution in [3.63, 3.8) is 0 Å². The summed E-state index contributed by atoms with van der Waals surface area (Å²) in [6.07, 6.45) is 3.21. The van der Waals surface area contributed by atoms with Crippen molar-refractivity contribution in [1.29, 1.82) is 0 Å². The highest BCUT2D eigenvalue weighted by atomic mass is 79.9. The van der Waals surface area contributed by atoms with Crippen molar-refractivity contribution >= 4 is 21.8 Å². The minimum absolute atomic E-state index is 0.111. The van der Waals surface area contributed by atoms with Gasteiger partial charge in [0.25, 0.3) is 5.91 Å².